The van der Waals surface area contributed by atoms with Crippen LogP contribution in [-0.2, 0) is 4.74 Å². The molecule has 0 aliphatic rings. The molecule has 0 spiro atoms. The summed E-state index contributed by atoms with van der Waals surface area (Å²) in [5.41, 5.74) is 6.75. The zero-order valence-corrected chi connectivity index (χ0v) is 10.6. The van der Waals surface area contributed by atoms with Gasteiger partial charge in [0, 0.05) is 24.9 Å². The van der Waals surface area contributed by atoms with Gasteiger partial charge in [-0.25, -0.2) is 4.98 Å². The van der Waals surface area contributed by atoms with Crippen LogP contribution in [0.25, 0.3) is 0 Å². The van der Waals surface area contributed by atoms with E-state index in [9.17, 15) is 0 Å². The number of nitrogen functional groups attached to an aromatic ring is 1. The monoisotopic (exact) mass is 243 g/mol. The Morgan fingerprint density at radius 1 is 1.62 bits per heavy atom. The van der Waals surface area contributed by atoms with Crippen LogP contribution in [0.2, 0.25) is 5.02 Å². The number of pyridine rings is 1. The van der Waals surface area contributed by atoms with Gasteiger partial charge in [-0.1, -0.05) is 11.6 Å². The first-order valence-corrected chi connectivity index (χ1v) is 5.57. The van der Waals surface area contributed by atoms with Crippen LogP contribution in [0.4, 0.5) is 5.82 Å². The second kappa shape index (κ2) is 6.03. The van der Waals surface area contributed by atoms with Crippen molar-refractivity contribution in [2.75, 3.05) is 19.9 Å². The molecular formula is C11H18ClN3O. The van der Waals surface area contributed by atoms with Crippen LogP contribution in [0.1, 0.15) is 24.9 Å². The van der Waals surface area contributed by atoms with E-state index < -0.39 is 0 Å². The lowest BCUT2D eigenvalue weighted by Crippen LogP contribution is -2.23. The van der Waals surface area contributed by atoms with Crippen molar-refractivity contribution in [2.24, 2.45) is 0 Å². The summed E-state index contributed by atoms with van der Waals surface area (Å²) in [5, 5.41) is 3.79. The quantitative estimate of drug-likeness (QED) is 0.831. The third kappa shape index (κ3) is 3.33. The number of hydrogen-bond donors (Lipinski definition) is 2. The van der Waals surface area contributed by atoms with Crippen LogP contribution in [0.5, 0.6) is 0 Å². The average molecular weight is 244 g/mol. The van der Waals surface area contributed by atoms with Gasteiger partial charge >= 0.3 is 0 Å². The molecule has 0 aromatic carbocycles. The topological polar surface area (TPSA) is 60.2 Å². The molecule has 5 heteroatoms. The highest BCUT2D eigenvalue weighted by Crippen LogP contribution is 2.25. The van der Waals surface area contributed by atoms with Gasteiger partial charge in [-0.3, -0.25) is 0 Å². The molecule has 0 saturated carbocycles. The minimum Gasteiger partial charge on any atom is -0.383 e. The van der Waals surface area contributed by atoms with Crippen LogP contribution in [-0.4, -0.2) is 25.2 Å². The van der Waals surface area contributed by atoms with E-state index in [4.69, 9.17) is 22.1 Å². The maximum Gasteiger partial charge on any atom is 0.128 e. The SMILES string of the molecule is CNC(CC(C)OC)c1cc(Cl)cnc1N. The number of aromatic nitrogens is 1. The van der Waals surface area contributed by atoms with E-state index in [2.05, 4.69) is 10.3 Å². The molecule has 0 aliphatic heterocycles. The number of anilines is 1. The first kappa shape index (κ1) is 13.2. The Morgan fingerprint density at radius 2 is 2.31 bits per heavy atom. The third-order valence-corrected chi connectivity index (χ3v) is 2.82. The number of hydrogen-bond acceptors (Lipinski definition) is 4. The highest BCUT2D eigenvalue weighted by atomic mass is 35.5. The lowest BCUT2D eigenvalue weighted by molar-refractivity contribution is 0.101. The van der Waals surface area contributed by atoms with Crippen molar-refractivity contribution >= 4 is 17.4 Å². The number of ether oxygens (including phenoxy) is 1. The fraction of sp³-hybridized carbons (Fsp3) is 0.545. The Kier molecular flexibility index (Phi) is 4.99. The third-order valence-electron chi connectivity index (χ3n) is 2.61. The van der Waals surface area contributed by atoms with Crippen molar-refractivity contribution in [2.45, 2.75) is 25.5 Å². The number of methoxy groups -OCH3 is 1. The molecule has 16 heavy (non-hydrogen) atoms. The highest BCUT2D eigenvalue weighted by molar-refractivity contribution is 6.30. The number of rotatable bonds is 5. The molecule has 1 aromatic heterocycles. The van der Waals surface area contributed by atoms with Crippen LogP contribution in [0.15, 0.2) is 12.3 Å². The van der Waals surface area contributed by atoms with Crippen molar-refractivity contribution in [1.82, 2.24) is 10.3 Å². The number of nitrogens with zero attached hydrogens (tertiary/aromatic N) is 1. The Bertz CT molecular complexity index is 346. The van der Waals surface area contributed by atoms with E-state index in [1.807, 2.05) is 20.0 Å². The molecule has 4 nitrogen and oxygen atoms in total. The largest absolute Gasteiger partial charge is 0.383 e. The molecule has 1 rings (SSSR count). The fourth-order valence-electron chi connectivity index (χ4n) is 1.57. The molecule has 0 bridgehead atoms. The average Bonchev–Trinajstić information content (AvgIpc) is 2.29. The second-order valence-corrected chi connectivity index (χ2v) is 4.19. The summed E-state index contributed by atoms with van der Waals surface area (Å²) in [6, 6.07) is 1.94. The molecule has 2 atom stereocenters. The predicted octanol–water partition coefficient (Wildman–Crippen LogP) is 2.00. The molecule has 2 unspecified atom stereocenters. The zero-order chi connectivity index (χ0) is 12.1. The summed E-state index contributed by atoms with van der Waals surface area (Å²) in [7, 11) is 3.57. The molecule has 0 amide bonds. The van der Waals surface area contributed by atoms with Gasteiger partial charge in [-0.2, -0.15) is 0 Å². The van der Waals surface area contributed by atoms with Gasteiger partial charge in [0.2, 0.25) is 0 Å². The number of halogens is 1. The standard InChI is InChI=1S/C11H18ClN3O/c1-7(16-3)4-10(14-2)9-5-8(12)6-15-11(9)13/h5-7,10,14H,4H2,1-3H3,(H2,13,15). The first-order chi connectivity index (χ1) is 7.58. The van der Waals surface area contributed by atoms with E-state index in [1.54, 1.807) is 13.3 Å². The van der Waals surface area contributed by atoms with Gasteiger partial charge in [0.25, 0.3) is 0 Å². The molecule has 0 aliphatic carbocycles. The minimum atomic E-state index is 0.0983. The Morgan fingerprint density at radius 3 is 2.88 bits per heavy atom. The summed E-state index contributed by atoms with van der Waals surface area (Å²) in [6.07, 6.45) is 2.52. The van der Waals surface area contributed by atoms with Gasteiger partial charge in [-0.05, 0) is 26.5 Å². The number of nitrogens with one attached hydrogen (secondary N) is 1. The second-order valence-electron chi connectivity index (χ2n) is 3.75. The summed E-state index contributed by atoms with van der Waals surface area (Å²) >= 11 is 5.91. The van der Waals surface area contributed by atoms with Crippen LogP contribution < -0.4 is 11.1 Å². The van der Waals surface area contributed by atoms with Gasteiger partial charge in [0.15, 0.2) is 0 Å². The molecular weight excluding hydrogens is 226 g/mol. The van der Waals surface area contributed by atoms with Crippen LogP contribution >= 0.6 is 11.6 Å². The Labute approximate surface area is 101 Å². The number of nitrogens with two attached hydrogens (primary N) is 1. The molecule has 3 N–H and O–H groups in total. The van der Waals surface area contributed by atoms with Crippen molar-refractivity contribution in [1.29, 1.82) is 0 Å². The highest BCUT2D eigenvalue weighted by Gasteiger charge is 2.16. The summed E-state index contributed by atoms with van der Waals surface area (Å²) in [4.78, 5) is 4.05. The smallest absolute Gasteiger partial charge is 0.128 e. The maximum absolute atomic E-state index is 5.91. The van der Waals surface area contributed by atoms with Gasteiger partial charge in [-0.15, -0.1) is 0 Å². The van der Waals surface area contributed by atoms with Crippen molar-refractivity contribution in [3.8, 4) is 0 Å². The van der Waals surface area contributed by atoms with Gasteiger partial charge in [0.1, 0.15) is 5.82 Å². The molecule has 0 saturated heterocycles. The van der Waals surface area contributed by atoms with E-state index in [1.165, 1.54) is 0 Å². The van der Waals surface area contributed by atoms with E-state index in [0.29, 0.717) is 10.8 Å². The zero-order valence-electron chi connectivity index (χ0n) is 9.83. The first-order valence-electron chi connectivity index (χ1n) is 5.19. The van der Waals surface area contributed by atoms with Gasteiger partial charge in [0.05, 0.1) is 11.1 Å². The summed E-state index contributed by atoms with van der Waals surface area (Å²) in [6.45, 7) is 2.01. The summed E-state index contributed by atoms with van der Waals surface area (Å²) in [5.74, 6) is 0.507. The minimum absolute atomic E-state index is 0.0983. The lowest BCUT2D eigenvalue weighted by Gasteiger charge is -2.21. The molecule has 0 radical (unpaired) electrons. The maximum atomic E-state index is 5.91. The molecule has 1 aromatic rings. The van der Waals surface area contributed by atoms with Crippen molar-refractivity contribution in [3.05, 3.63) is 22.8 Å². The normalized spacial score (nSPS) is 14.8. The van der Waals surface area contributed by atoms with E-state index in [-0.39, 0.29) is 12.1 Å². The van der Waals surface area contributed by atoms with E-state index in [0.717, 1.165) is 12.0 Å². The molecule has 0 fully saturated rings. The fourth-order valence-corrected chi connectivity index (χ4v) is 1.74. The Balaban J connectivity index is 2.89. The van der Waals surface area contributed by atoms with Crippen molar-refractivity contribution < 1.29 is 4.74 Å². The lowest BCUT2D eigenvalue weighted by atomic mass is 10.0. The Hall–Kier alpha value is -0.840. The van der Waals surface area contributed by atoms with Crippen molar-refractivity contribution in [3.63, 3.8) is 0 Å². The van der Waals surface area contributed by atoms with Crippen LogP contribution in [0.3, 0.4) is 0 Å². The molecule has 1 heterocycles. The van der Waals surface area contributed by atoms with Gasteiger partial charge < -0.3 is 15.8 Å². The predicted molar refractivity (Wildman–Crippen MR) is 66.5 cm³/mol. The molecule has 90 valence electrons. The summed E-state index contributed by atoms with van der Waals surface area (Å²) < 4.78 is 5.24. The van der Waals surface area contributed by atoms with E-state index >= 15 is 0 Å². The van der Waals surface area contributed by atoms with Crippen LogP contribution in [0, 0.1) is 0 Å².